The first-order valence-electron chi connectivity index (χ1n) is 3.10. The van der Waals surface area contributed by atoms with Crippen molar-refractivity contribution in [3.05, 3.63) is 35.9 Å². The summed E-state index contributed by atoms with van der Waals surface area (Å²) in [4.78, 5) is 9.68. The van der Waals surface area contributed by atoms with Gasteiger partial charge in [0.1, 0.15) is 0 Å². The topological polar surface area (TPSA) is 46.5 Å². The zero-order valence-electron chi connectivity index (χ0n) is 5.73. The molecule has 0 aliphatic heterocycles. The molecule has 0 aliphatic rings. The first kappa shape index (κ1) is 7.75. The van der Waals surface area contributed by atoms with E-state index in [1.165, 1.54) is 6.47 Å². The van der Waals surface area contributed by atoms with Crippen molar-refractivity contribution in [1.29, 1.82) is 0 Å². The molecule has 0 aliphatic carbocycles. The van der Waals surface area contributed by atoms with Crippen LogP contribution in [0.1, 0.15) is 11.9 Å². The van der Waals surface area contributed by atoms with Crippen LogP contribution < -0.4 is 0 Å². The van der Waals surface area contributed by atoms with Crippen LogP contribution in [0.3, 0.4) is 0 Å². The standard InChI is InChI=1S/C8H7O3/c9-6-11-8(10)7-4-2-1-3-5-7/h1-5,8,10H. The van der Waals surface area contributed by atoms with Crippen molar-refractivity contribution in [2.45, 2.75) is 6.29 Å². The molecule has 0 spiro atoms. The molecule has 57 valence electrons. The van der Waals surface area contributed by atoms with E-state index in [1.54, 1.807) is 30.3 Å². The summed E-state index contributed by atoms with van der Waals surface area (Å²) in [5.74, 6) is 0. The van der Waals surface area contributed by atoms with Gasteiger partial charge in [-0.25, -0.2) is 4.79 Å². The van der Waals surface area contributed by atoms with Gasteiger partial charge in [0.25, 0.3) is 0 Å². The van der Waals surface area contributed by atoms with Crippen LogP contribution in [0.2, 0.25) is 0 Å². The number of ether oxygens (including phenoxy) is 1. The summed E-state index contributed by atoms with van der Waals surface area (Å²) < 4.78 is 4.18. The monoisotopic (exact) mass is 151 g/mol. The first-order valence-corrected chi connectivity index (χ1v) is 3.10. The Hall–Kier alpha value is -1.35. The molecule has 0 saturated heterocycles. The van der Waals surface area contributed by atoms with Crippen LogP contribution in [0.15, 0.2) is 30.3 Å². The molecule has 1 atom stereocenters. The molecule has 0 saturated carbocycles. The van der Waals surface area contributed by atoms with Crippen molar-refractivity contribution in [2.75, 3.05) is 0 Å². The number of aliphatic hydroxyl groups is 1. The van der Waals surface area contributed by atoms with Crippen molar-refractivity contribution < 1.29 is 14.6 Å². The molecule has 1 unspecified atom stereocenters. The third-order valence-corrected chi connectivity index (χ3v) is 1.24. The Morgan fingerprint density at radius 1 is 1.36 bits per heavy atom. The lowest BCUT2D eigenvalue weighted by Crippen LogP contribution is -2.00. The van der Waals surface area contributed by atoms with E-state index < -0.39 is 6.29 Å². The molecular weight excluding hydrogens is 144 g/mol. The average molecular weight is 151 g/mol. The highest BCUT2D eigenvalue weighted by Crippen LogP contribution is 2.11. The summed E-state index contributed by atoms with van der Waals surface area (Å²) in [6, 6.07) is 8.60. The molecule has 1 aromatic rings. The zero-order chi connectivity index (χ0) is 8.10. The van der Waals surface area contributed by atoms with Gasteiger partial charge in [-0.2, -0.15) is 0 Å². The lowest BCUT2D eigenvalue weighted by Gasteiger charge is -2.05. The van der Waals surface area contributed by atoms with Gasteiger partial charge in [-0.15, -0.1) is 0 Å². The normalized spacial score (nSPS) is 12.1. The van der Waals surface area contributed by atoms with Crippen LogP contribution in [0.25, 0.3) is 0 Å². The van der Waals surface area contributed by atoms with Crippen molar-refractivity contribution >= 4 is 6.47 Å². The summed E-state index contributed by atoms with van der Waals surface area (Å²) >= 11 is 0. The summed E-state index contributed by atoms with van der Waals surface area (Å²) in [7, 11) is 0. The number of aliphatic hydroxyl groups excluding tert-OH is 1. The van der Waals surface area contributed by atoms with Crippen molar-refractivity contribution in [3.63, 3.8) is 0 Å². The van der Waals surface area contributed by atoms with E-state index in [2.05, 4.69) is 4.74 Å². The van der Waals surface area contributed by atoms with Gasteiger partial charge in [0, 0.05) is 5.56 Å². The van der Waals surface area contributed by atoms with E-state index in [4.69, 9.17) is 5.11 Å². The van der Waals surface area contributed by atoms with Crippen LogP contribution in [0, 0.1) is 0 Å². The quantitative estimate of drug-likeness (QED) is 0.649. The number of rotatable bonds is 3. The Labute approximate surface area is 64.2 Å². The van der Waals surface area contributed by atoms with Gasteiger partial charge in [0.2, 0.25) is 6.29 Å². The maximum atomic E-state index is 9.68. The summed E-state index contributed by atoms with van der Waals surface area (Å²) in [6.07, 6.45) is -1.20. The molecule has 0 amide bonds. The third kappa shape index (κ3) is 2.05. The summed E-state index contributed by atoms with van der Waals surface area (Å²) in [5, 5.41) is 9.04. The maximum absolute atomic E-state index is 9.68. The Bertz CT molecular complexity index is 220. The van der Waals surface area contributed by atoms with E-state index in [1.807, 2.05) is 0 Å². The van der Waals surface area contributed by atoms with E-state index in [0.29, 0.717) is 5.56 Å². The molecule has 11 heavy (non-hydrogen) atoms. The molecule has 1 aromatic carbocycles. The van der Waals surface area contributed by atoms with Crippen LogP contribution in [-0.2, 0) is 9.53 Å². The van der Waals surface area contributed by atoms with Gasteiger partial charge >= 0.3 is 6.47 Å². The van der Waals surface area contributed by atoms with Crippen molar-refractivity contribution in [3.8, 4) is 0 Å². The molecule has 3 heteroatoms. The number of hydrogen-bond donors (Lipinski definition) is 1. The van der Waals surface area contributed by atoms with Crippen LogP contribution in [0.4, 0.5) is 0 Å². The van der Waals surface area contributed by atoms with E-state index in [-0.39, 0.29) is 0 Å². The van der Waals surface area contributed by atoms with Gasteiger partial charge in [-0.3, -0.25) is 0 Å². The smallest absolute Gasteiger partial charge is 0.420 e. The highest BCUT2D eigenvalue weighted by molar-refractivity contribution is 5.39. The fraction of sp³-hybridized carbons (Fsp3) is 0.125. The minimum absolute atomic E-state index is 0.538. The fourth-order valence-electron chi connectivity index (χ4n) is 0.731. The highest BCUT2D eigenvalue weighted by Gasteiger charge is 2.05. The Morgan fingerprint density at radius 2 is 2.00 bits per heavy atom. The number of hydrogen-bond acceptors (Lipinski definition) is 3. The Kier molecular flexibility index (Phi) is 2.63. The van der Waals surface area contributed by atoms with E-state index in [9.17, 15) is 4.79 Å². The molecule has 0 fully saturated rings. The Balaban J connectivity index is 2.68. The lowest BCUT2D eigenvalue weighted by molar-refractivity contribution is -0.0316. The van der Waals surface area contributed by atoms with Crippen LogP contribution in [0.5, 0.6) is 0 Å². The highest BCUT2D eigenvalue weighted by atomic mass is 16.6. The molecule has 0 aromatic heterocycles. The molecule has 1 rings (SSSR count). The summed E-state index contributed by atoms with van der Waals surface area (Å²) in [6.45, 7) is 1.17. The lowest BCUT2D eigenvalue weighted by atomic mass is 10.2. The minimum atomic E-state index is -1.20. The molecule has 1 N–H and O–H groups in total. The minimum Gasteiger partial charge on any atom is -0.423 e. The second kappa shape index (κ2) is 3.73. The SMILES string of the molecule is O=[C]OC(O)c1ccccc1. The Morgan fingerprint density at radius 3 is 2.55 bits per heavy atom. The number of benzene rings is 1. The molecular formula is C8H7O3. The van der Waals surface area contributed by atoms with Gasteiger partial charge in [0.05, 0.1) is 0 Å². The van der Waals surface area contributed by atoms with Crippen LogP contribution >= 0.6 is 0 Å². The van der Waals surface area contributed by atoms with Crippen LogP contribution in [-0.4, -0.2) is 11.6 Å². The maximum Gasteiger partial charge on any atom is 0.420 e. The fourth-order valence-corrected chi connectivity index (χ4v) is 0.731. The molecule has 0 bridgehead atoms. The zero-order valence-corrected chi connectivity index (χ0v) is 5.73. The van der Waals surface area contributed by atoms with Crippen molar-refractivity contribution in [1.82, 2.24) is 0 Å². The predicted octanol–water partition coefficient (Wildman–Crippen LogP) is 0.761. The van der Waals surface area contributed by atoms with Gasteiger partial charge < -0.3 is 9.84 Å². The first-order chi connectivity index (χ1) is 5.34. The third-order valence-electron chi connectivity index (χ3n) is 1.24. The predicted molar refractivity (Wildman–Crippen MR) is 38.2 cm³/mol. The van der Waals surface area contributed by atoms with Gasteiger partial charge in [-0.05, 0) is 0 Å². The summed E-state index contributed by atoms with van der Waals surface area (Å²) in [5.41, 5.74) is 0.538. The number of carbonyl (C=O) groups excluding carboxylic acids is 1. The second-order valence-corrected chi connectivity index (χ2v) is 1.96. The largest absolute Gasteiger partial charge is 0.423 e. The molecule has 3 nitrogen and oxygen atoms in total. The molecule has 1 radical (unpaired) electrons. The van der Waals surface area contributed by atoms with Gasteiger partial charge in [0.15, 0.2) is 0 Å². The van der Waals surface area contributed by atoms with E-state index in [0.717, 1.165) is 0 Å². The second-order valence-electron chi connectivity index (χ2n) is 1.96. The average Bonchev–Trinajstić information content (AvgIpc) is 2.07. The van der Waals surface area contributed by atoms with Crippen molar-refractivity contribution in [2.24, 2.45) is 0 Å². The molecule has 0 heterocycles. The van der Waals surface area contributed by atoms with Gasteiger partial charge in [-0.1, -0.05) is 30.3 Å². The van der Waals surface area contributed by atoms with E-state index >= 15 is 0 Å².